The van der Waals surface area contributed by atoms with E-state index in [0.29, 0.717) is 35.0 Å². The van der Waals surface area contributed by atoms with Crippen LogP contribution in [-0.4, -0.2) is 29.1 Å². The van der Waals surface area contributed by atoms with E-state index in [9.17, 15) is 10.1 Å². The van der Waals surface area contributed by atoms with Gasteiger partial charge in [-0.1, -0.05) is 42.5 Å². The van der Waals surface area contributed by atoms with E-state index in [4.69, 9.17) is 10.7 Å². The van der Waals surface area contributed by atoms with Crippen LogP contribution in [-0.2, 0) is 0 Å². The fourth-order valence-electron chi connectivity index (χ4n) is 4.05. The summed E-state index contributed by atoms with van der Waals surface area (Å²) in [4.78, 5) is 23.2. The van der Waals surface area contributed by atoms with Gasteiger partial charge in [0.25, 0.3) is 5.56 Å². The van der Waals surface area contributed by atoms with Crippen molar-refractivity contribution in [2.75, 3.05) is 23.3 Å². The van der Waals surface area contributed by atoms with Crippen LogP contribution in [0.4, 0.5) is 11.5 Å². The molecule has 1 fully saturated rings. The first-order valence-corrected chi connectivity index (χ1v) is 10.5. The fourth-order valence-corrected chi connectivity index (χ4v) is 4.05. The van der Waals surface area contributed by atoms with Crippen molar-refractivity contribution < 1.29 is 0 Å². The molecule has 0 bridgehead atoms. The van der Waals surface area contributed by atoms with Crippen LogP contribution in [0, 0.1) is 11.3 Å². The molecular weight excluding hydrogens is 388 g/mol. The lowest BCUT2D eigenvalue weighted by molar-refractivity contribution is 0.501. The average Bonchev–Trinajstić information content (AvgIpc) is 2.79. The molecule has 1 aromatic heterocycles. The van der Waals surface area contributed by atoms with Gasteiger partial charge in [-0.25, -0.2) is 4.98 Å². The number of H-pyrrole nitrogens is 1. The summed E-state index contributed by atoms with van der Waals surface area (Å²) in [5.41, 5.74) is 8.64. The molecule has 0 saturated carbocycles. The van der Waals surface area contributed by atoms with Gasteiger partial charge in [-0.15, -0.1) is 0 Å². The fraction of sp³-hybridized carbons (Fsp3) is 0.292. The SMILES string of the molecule is CC(Nc1ccccc1C#N)c1c(N2CCCC(N)C2)nc(-c2ccccc2)[nH]c1=O. The van der Waals surface area contributed by atoms with Crippen molar-refractivity contribution in [2.24, 2.45) is 5.73 Å². The van der Waals surface area contributed by atoms with Crippen molar-refractivity contribution in [3.63, 3.8) is 0 Å². The molecule has 4 N–H and O–H groups in total. The molecule has 0 aliphatic carbocycles. The highest BCUT2D eigenvalue weighted by atomic mass is 16.1. The van der Waals surface area contributed by atoms with Crippen molar-refractivity contribution in [3.05, 3.63) is 76.1 Å². The lowest BCUT2D eigenvalue weighted by Crippen LogP contribution is -2.44. The smallest absolute Gasteiger partial charge is 0.258 e. The van der Waals surface area contributed by atoms with Gasteiger partial charge >= 0.3 is 0 Å². The first kappa shape index (κ1) is 20.6. The van der Waals surface area contributed by atoms with Gasteiger partial charge in [0.2, 0.25) is 0 Å². The third-order valence-electron chi connectivity index (χ3n) is 5.59. The number of benzene rings is 2. The maximum Gasteiger partial charge on any atom is 0.258 e. The standard InChI is InChI=1S/C24H26N6O/c1-16(27-20-12-6-5-10-18(20)14-25)21-23(30-13-7-11-19(26)15-30)28-22(29-24(21)31)17-8-3-2-4-9-17/h2-6,8-10,12,16,19,27H,7,11,13,15,26H2,1H3,(H,28,29,31). The number of aromatic nitrogens is 2. The summed E-state index contributed by atoms with van der Waals surface area (Å²) in [6.07, 6.45) is 1.92. The van der Waals surface area contributed by atoms with Crippen molar-refractivity contribution in [1.29, 1.82) is 5.26 Å². The van der Waals surface area contributed by atoms with Crippen LogP contribution in [0.25, 0.3) is 11.4 Å². The van der Waals surface area contributed by atoms with Crippen LogP contribution >= 0.6 is 0 Å². The molecule has 158 valence electrons. The minimum absolute atomic E-state index is 0.0467. The second-order valence-corrected chi connectivity index (χ2v) is 7.89. The van der Waals surface area contributed by atoms with Gasteiger partial charge in [0.05, 0.1) is 22.9 Å². The second kappa shape index (κ2) is 9.02. The Morgan fingerprint density at radius 3 is 2.71 bits per heavy atom. The topological polar surface area (TPSA) is 111 Å². The molecule has 1 saturated heterocycles. The van der Waals surface area contributed by atoms with E-state index in [1.54, 1.807) is 6.07 Å². The quantitative estimate of drug-likeness (QED) is 0.590. The number of anilines is 2. The van der Waals surface area contributed by atoms with Crippen LogP contribution in [0.5, 0.6) is 0 Å². The van der Waals surface area contributed by atoms with Gasteiger partial charge in [0.15, 0.2) is 0 Å². The zero-order valence-corrected chi connectivity index (χ0v) is 17.5. The summed E-state index contributed by atoms with van der Waals surface area (Å²) in [5.74, 6) is 1.18. The lowest BCUT2D eigenvalue weighted by atomic mass is 10.0. The molecule has 0 spiro atoms. The van der Waals surface area contributed by atoms with E-state index in [-0.39, 0.29) is 17.6 Å². The second-order valence-electron chi connectivity index (χ2n) is 7.89. The van der Waals surface area contributed by atoms with E-state index < -0.39 is 0 Å². The maximum atomic E-state index is 13.3. The lowest BCUT2D eigenvalue weighted by Gasteiger charge is -2.34. The highest BCUT2D eigenvalue weighted by molar-refractivity contribution is 5.62. The van der Waals surface area contributed by atoms with Gasteiger partial charge in [0, 0.05) is 24.7 Å². The first-order chi connectivity index (χ1) is 15.1. The third-order valence-corrected chi connectivity index (χ3v) is 5.59. The molecule has 1 aliphatic rings. The first-order valence-electron chi connectivity index (χ1n) is 10.5. The largest absolute Gasteiger partial charge is 0.377 e. The number of nitrogens with zero attached hydrogens (tertiary/aromatic N) is 3. The molecule has 3 aromatic rings. The van der Waals surface area contributed by atoms with Crippen molar-refractivity contribution in [2.45, 2.75) is 31.8 Å². The van der Waals surface area contributed by atoms with Gasteiger partial charge in [-0.05, 0) is 31.9 Å². The van der Waals surface area contributed by atoms with E-state index in [0.717, 1.165) is 24.9 Å². The Bertz CT molecular complexity index is 1150. The Kier molecular flexibility index (Phi) is 6.01. The van der Waals surface area contributed by atoms with Crippen molar-refractivity contribution in [3.8, 4) is 17.5 Å². The molecule has 2 unspecified atom stereocenters. The normalized spacial score (nSPS) is 17.1. The molecule has 0 radical (unpaired) electrons. The molecular formula is C24H26N6O. The van der Waals surface area contributed by atoms with E-state index in [2.05, 4.69) is 21.3 Å². The Morgan fingerprint density at radius 1 is 1.23 bits per heavy atom. The molecule has 4 rings (SSSR count). The molecule has 2 heterocycles. The summed E-state index contributed by atoms with van der Waals surface area (Å²) in [7, 11) is 0. The Morgan fingerprint density at radius 2 is 1.97 bits per heavy atom. The van der Waals surface area contributed by atoms with Crippen LogP contribution in [0.3, 0.4) is 0 Å². The molecule has 7 nitrogen and oxygen atoms in total. The number of nitrogens with two attached hydrogens (primary N) is 1. The van der Waals surface area contributed by atoms with Gasteiger partial charge in [-0.2, -0.15) is 5.26 Å². The Balaban J connectivity index is 1.78. The van der Waals surface area contributed by atoms with E-state index >= 15 is 0 Å². The highest BCUT2D eigenvalue weighted by Crippen LogP contribution is 2.29. The minimum Gasteiger partial charge on any atom is -0.377 e. The van der Waals surface area contributed by atoms with Crippen LogP contribution in [0.1, 0.15) is 36.9 Å². The van der Waals surface area contributed by atoms with Crippen LogP contribution in [0.2, 0.25) is 0 Å². The number of nitriles is 1. The molecule has 0 amide bonds. The highest BCUT2D eigenvalue weighted by Gasteiger charge is 2.26. The Labute approximate surface area is 181 Å². The molecule has 2 aromatic carbocycles. The number of aromatic amines is 1. The van der Waals surface area contributed by atoms with Crippen LogP contribution < -0.4 is 21.5 Å². The number of rotatable bonds is 5. The summed E-state index contributed by atoms with van der Waals surface area (Å²) < 4.78 is 0. The molecule has 2 atom stereocenters. The summed E-state index contributed by atoms with van der Waals surface area (Å²) in [5, 5.41) is 12.7. The molecule has 7 heteroatoms. The third kappa shape index (κ3) is 4.44. The average molecular weight is 415 g/mol. The predicted molar refractivity (Wildman–Crippen MR) is 123 cm³/mol. The van der Waals surface area contributed by atoms with E-state index in [1.165, 1.54) is 0 Å². The minimum atomic E-state index is -0.358. The number of nitrogens with one attached hydrogen (secondary N) is 2. The van der Waals surface area contributed by atoms with Crippen molar-refractivity contribution >= 4 is 11.5 Å². The van der Waals surface area contributed by atoms with Crippen LogP contribution in [0.15, 0.2) is 59.4 Å². The number of para-hydroxylation sites is 1. The summed E-state index contributed by atoms with van der Waals surface area (Å²) >= 11 is 0. The van der Waals surface area contributed by atoms with Crippen molar-refractivity contribution in [1.82, 2.24) is 9.97 Å². The maximum absolute atomic E-state index is 13.3. The molecule has 1 aliphatic heterocycles. The zero-order chi connectivity index (χ0) is 21.8. The van der Waals surface area contributed by atoms with Gasteiger partial charge in [-0.3, -0.25) is 4.79 Å². The van der Waals surface area contributed by atoms with Gasteiger partial charge in [0.1, 0.15) is 17.7 Å². The van der Waals surface area contributed by atoms with Gasteiger partial charge < -0.3 is 20.9 Å². The monoisotopic (exact) mass is 414 g/mol. The number of hydrogen-bond donors (Lipinski definition) is 3. The van der Waals surface area contributed by atoms with E-state index in [1.807, 2.05) is 55.5 Å². The number of hydrogen-bond acceptors (Lipinski definition) is 6. The number of piperidine rings is 1. The molecule has 31 heavy (non-hydrogen) atoms. The zero-order valence-electron chi connectivity index (χ0n) is 17.5. The summed E-state index contributed by atoms with van der Waals surface area (Å²) in [6, 6.07) is 18.8. The predicted octanol–water partition coefficient (Wildman–Crippen LogP) is 3.41. The summed E-state index contributed by atoms with van der Waals surface area (Å²) in [6.45, 7) is 3.36. The Hall–Kier alpha value is -3.63.